The van der Waals surface area contributed by atoms with E-state index in [2.05, 4.69) is 105 Å². The molecule has 0 saturated carbocycles. The van der Waals surface area contributed by atoms with Gasteiger partial charge in [-0.3, -0.25) is 4.79 Å². The molecule has 0 unspecified atom stereocenters. The van der Waals surface area contributed by atoms with Crippen molar-refractivity contribution in [2.24, 2.45) is 0 Å². The molecule has 0 fully saturated rings. The van der Waals surface area contributed by atoms with Crippen molar-refractivity contribution in [3.8, 4) is 22.6 Å². The molecule has 0 N–H and O–H groups in total. The van der Waals surface area contributed by atoms with E-state index in [0.29, 0.717) is 24.3 Å². The third-order valence-corrected chi connectivity index (χ3v) is 7.36. The van der Waals surface area contributed by atoms with Crippen molar-refractivity contribution in [1.82, 2.24) is 0 Å². The van der Waals surface area contributed by atoms with Crippen molar-refractivity contribution in [2.75, 3.05) is 4.90 Å². The van der Waals surface area contributed by atoms with Gasteiger partial charge in [0, 0.05) is 25.2 Å². The average molecular weight is 536 g/mol. The molecule has 4 rings (SSSR count). The van der Waals surface area contributed by atoms with Crippen molar-refractivity contribution in [2.45, 2.75) is 72.6 Å². The molecule has 0 heterocycles. The van der Waals surface area contributed by atoms with Gasteiger partial charge in [0.1, 0.15) is 18.1 Å². The van der Waals surface area contributed by atoms with Crippen molar-refractivity contribution < 1.29 is 14.3 Å². The minimum Gasteiger partial charge on any atom is -0.489 e. The fourth-order valence-corrected chi connectivity index (χ4v) is 5.05. The summed E-state index contributed by atoms with van der Waals surface area (Å²) in [6.07, 6.45) is 2.36. The number of carbonyl (C=O) groups excluding carboxylic acids is 1. The molecule has 0 atom stereocenters. The van der Waals surface area contributed by atoms with Crippen LogP contribution >= 0.6 is 0 Å². The molecule has 0 aliphatic heterocycles. The summed E-state index contributed by atoms with van der Waals surface area (Å²) in [6, 6.07) is 34.0. The maximum atomic E-state index is 11.1. The predicted molar refractivity (Wildman–Crippen MR) is 165 cm³/mol. The number of hydrogen-bond donors (Lipinski definition) is 0. The molecule has 0 aromatic heterocycles. The maximum absolute atomic E-state index is 11.1. The van der Waals surface area contributed by atoms with Crippen LogP contribution in [0, 0.1) is 0 Å². The Morgan fingerprint density at radius 2 is 1.40 bits per heavy atom. The van der Waals surface area contributed by atoms with Crippen molar-refractivity contribution in [1.29, 1.82) is 0 Å². The van der Waals surface area contributed by atoms with Gasteiger partial charge < -0.3 is 14.4 Å². The number of nitrogens with zero attached hydrogens (tertiary/aromatic N) is 1. The lowest BCUT2D eigenvalue weighted by Gasteiger charge is -2.30. The van der Waals surface area contributed by atoms with E-state index in [9.17, 15) is 4.79 Å². The minimum atomic E-state index is -0.335. The van der Waals surface area contributed by atoms with E-state index >= 15 is 0 Å². The Labute approximate surface area is 239 Å². The topological polar surface area (TPSA) is 38.8 Å². The van der Waals surface area contributed by atoms with E-state index in [1.54, 1.807) is 24.3 Å². The lowest BCUT2D eigenvalue weighted by molar-refractivity contribution is -0.131. The molecule has 4 aromatic carbocycles. The molecule has 0 saturated heterocycles. The molecular weight excluding hydrogens is 494 g/mol. The number of esters is 1. The quantitative estimate of drug-likeness (QED) is 0.134. The maximum Gasteiger partial charge on any atom is 0.308 e. The number of benzene rings is 4. The Kier molecular flexibility index (Phi) is 10.0. The van der Waals surface area contributed by atoms with Crippen molar-refractivity contribution in [3.05, 3.63) is 114 Å². The first-order chi connectivity index (χ1) is 19.4. The lowest BCUT2D eigenvalue weighted by Crippen LogP contribution is -2.30. The van der Waals surface area contributed by atoms with Crippen molar-refractivity contribution >= 4 is 11.7 Å². The van der Waals surface area contributed by atoms with Gasteiger partial charge in [0.15, 0.2) is 0 Å². The van der Waals surface area contributed by atoms with E-state index in [1.165, 1.54) is 47.7 Å². The summed E-state index contributed by atoms with van der Waals surface area (Å²) in [6.45, 7) is 11.8. The zero-order valence-electron chi connectivity index (χ0n) is 24.4. The van der Waals surface area contributed by atoms with Crippen LogP contribution in [0.25, 0.3) is 11.1 Å². The first-order valence-electron chi connectivity index (χ1n) is 14.3. The molecule has 0 bridgehead atoms. The molecule has 4 heteroatoms. The largest absolute Gasteiger partial charge is 0.489 e. The van der Waals surface area contributed by atoms with Gasteiger partial charge in [-0.1, -0.05) is 68.4 Å². The molecule has 4 nitrogen and oxygen atoms in total. The zero-order valence-corrected chi connectivity index (χ0v) is 24.4. The van der Waals surface area contributed by atoms with E-state index < -0.39 is 0 Å². The summed E-state index contributed by atoms with van der Waals surface area (Å²) in [4.78, 5) is 13.5. The van der Waals surface area contributed by atoms with Gasteiger partial charge in [-0.25, -0.2) is 0 Å². The predicted octanol–water partition coefficient (Wildman–Crippen LogP) is 9.18. The van der Waals surface area contributed by atoms with Crippen LogP contribution in [0.2, 0.25) is 0 Å². The van der Waals surface area contributed by atoms with Gasteiger partial charge in [-0.2, -0.15) is 0 Å². The Hall–Kier alpha value is -4.05. The molecule has 208 valence electrons. The van der Waals surface area contributed by atoms with E-state index in [4.69, 9.17) is 9.47 Å². The van der Waals surface area contributed by atoms with E-state index in [0.717, 1.165) is 17.9 Å². The Morgan fingerprint density at radius 3 is 2.00 bits per heavy atom. The number of anilines is 1. The second-order valence-corrected chi connectivity index (χ2v) is 10.6. The summed E-state index contributed by atoms with van der Waals surface area (Å²) >= 11 is 0. The Morgan fingerprint density at radius 1 is 0.750 bits per heavy atom. The van der Waals surface area contributed by atoms with Crippen LogP contribution in [0.15, 0.2) is 97.1 Å². The second-order valence-electron chi connectivity index (χ2n) is 10.6. The number of hydrogen-bond acceptors (Lipinski definition) is 4. The van der Waals surface area contributed by atoms with Crippen LogP contribution in [-0.2, 0) is 17.9 Å². The highest BCUT2D eigenvalue weighted by Crippen LogP contribution is 2.28. The summed E-state index contributed by atoms with van der Waals surface area (Å²) in [5.41, 5.74) is 7.47. The molecule has 4 aromatic rings. The zero-order chi connectivity index (χ0) is 28.5. The SMILES string of the molecule is CCC(CC)c1ccc(N(Cc2cccc(-c3ccc(COc4ccc(OC(C)=O)cc4)cc3)c2)C(C)C)cc1. The number of carbonyl (C=O) groups is 1. The van der Waals surface area contributed by atoms with Crippen LogP contribution in [0.5, 0.6) is 11.5 Å². The lowest BCUT2D eigenvalue weighted by atomic mass is 9.94. The molecule has 0 spiro atoms. The standard InChI is InChI=1S/C36H41NO3/c1-6-30(7-2)31-15-17-34(18-16-31)37(26(3)4)24-29-9-8-10-33(23-29)32-13-11-28(12-14-32)25-39-35-19-21-36(22-20-35)40-27(5)38/h8-23,26,30H,6-7,24-25H2,1-5H3. The molecule has 0 aliphatic carbocycles. The monoisotopic (exact) mass is 535 g/mol. The second kappa shape index (κ2) is 13.8. The third kappa shape index (κ3) is 7.75. The van der Waals surface area contributed by atoms with E-state index in [1.807, 2.05) is 0 Å². The van der Waals surface area contributed by atoms with Gasteiger partial charge in [0.2, 0.25) is 0 Å². The fourth-order valence-electron chi connectivity index (χ4n) is 5.05. The first-order valence-corrected chi connectivity index (χ1v) is 14.3. The van der Waals surface area contributed by atoms with Gasteiger partial charge in [0.05, 0.1) is 0 Å². The van der Waals surface area contributed by atoms with Crippen LogP contribution in [0.4, 0.5) is 5.69 Å². The minimum absolute atomic E-state index is 0.335. The van der Waals surface area contributed by atoms with Crippen LogP contribution in [-0.4, -0.2) is 12.0 Å². The average Bonchev–Trinajstić information content (AvgIpc) is 2.97. The van der Waals surface area contributed by atoms with Crippen molar-refractivity contribution in [3.63, 3.8) is 0 Å². The highest BCUT2D eigenvalue weighted by atomic mass is 16.5. The molecule has 0 aliphatic rings. The Bertz CT molecular complexity index is 1350. The first kappa shape index (κ1) is 28.9. The Balaban J connectivity index is 1.40. The van der Waals surface area contributed by atoms with Crippen LogP contribution in [0.3, 0.4) is 0 Å². The smallest absolute Gasteiger partial charge is 0.308 e. The van der Waals surface area contributed by atoms with Gasteiger partial charge >= 0.3 is 5.97 Å². The molecule has 40 heavy (non-hydrogen) atoms. The molecule has 0 amide bonds. The van der Waals surface area contributed by atoms with Crippen LogP contribution in [0.1, 0.15) is 70.1 Å². The molecule has 0 radical (unpaired) electrons. The summed E-state index contributed by atoms with van der Waals surface area (Å²) in [5.74, 6) is 1.54. The fraction of sp³-hybridized carbons (Fsp3) is 0.306. The summed E-state index contributed by atoms with van der Waals surface area (Å²) < 4.78 is 11.0. The normalized spacial score (nSPS) is 11.1. The highest BCUT2D eigenvalue weighted by Gasteiger charge is 2.14. The summed E-state index contributed by atoms with van der Waals surface area (Å²) in [5, 5.41) is 0. The van der Waals surface area contributed by atoms with Gasteiger partial charge in [-0.15, -0.1) is 0 Å². The summed E-state index contributed by atoms with van der Waals surface area (Å²) in [7, 11) is 0. The molecular formula is C36H41NO3. The number of rotatable bonds is 12. The third-order valence-electron chi connectivity index (χ3n) is 7.36. The van der Waals surface area contributed by atoms with Crippen LogP contribution < -0.4 is 14.4 Å². The van der Waals surface area contributed by atoms with Gasteiger partial charge in [0.25, 0.3) is 0 Å². The van der Waals surface area contributed by atoms with E-state index in [-0.39, 0.29) is 5.97 Å². The van der Waals surface area contributed by atoms with Gasteiger partial charge in [-0.05, 0) is 103 Å². The highest BCUT2D eigenvalue weighted by molar-refractivity contribution is 5.69. The number of ether oxygens (including phenoxy) is 2.